The molecule has 0 saturated heterocycles. The average molecular weight is 310 g/mol. The molecule has 0 aromatic heterocycles. The zero-order valence-electron chi connectivity index (χ0n) is 10.2. The van der Waals surface area contributed by atoms with Crippen LogP contribution in [-0.2, 0) is 15.6 Å². The molecule has 3 nitrogen and oxygen atoms in total. The lowest BCUT2D eigenvalue weighted by Crippen LogP contribution is -2.07. The molecule has 0 heterocycles. The number of benzene rings is 2. The molecule has 2 aromatic carbocycles. The fraction of sp³-hybridized carbons (Fsp3) is 0.0714. The fourth-order valence-corrected chi connectivity index (χ4v) is 3.68. The summed E-state index contributed by atoms with van der Waals surface area (Å²) in [7, 11) is -3.77. The predicted octanol–water partition coefficient (Wildman–Crippen LogP) is 3.32. The first kappa shape index (κ1) is 14.5. The van der Waals surface area contributed by atoms with E-state index in [1.807, 2.05) is 0 Å². The minimum absolute atomic E-state index is 0.0519. The Labute approximate surface area is 121 Å². The number of hydrogen-bond donors (Lipinski definition) is 0. The summed E-state index contributed by atoms with van der Waals surface area (Å²) in [6.07, 6.45) is 0. The molecule has 0 radical (unpaired) electrons. The molecule has 2 rings (SSSR count). The summed E-state index contributed by atoms with van der Waals surface area (Å²) >= 11 is 5.85. The van der Waals surface area contributed by atoms with Crippen LogP contribution in [0.4, 0.5) is 4.39 Å². The first-order valence-corrected chi connectivity index (χ1v) is 7.63. The van der Waals surface area contributed by atoms with Gasteiger partial charge in [-0.05, 0) is 18.2 Å². The van der Waals surface area contributed by atoms with Gasteiger partial charge in [0.05, 0.1) is 21.2 Å². The molecule has 0 saturated carbocycles. The molecule has 0 atom stereocenters. The highest BCUT2D eigenvalue weighted by atomic mass is 35.5. The number of halogens is 2. The Kier molecular flexibility index (Phi) is 4.07. The Morgan fingerprint density at radius 2 is 1.85 bits per heavy atom. The van der Waals surface area contributed by atoms with E-state index < -0.39 is 21.4 Å². The van der Waals surface area contributed by atoms with Gasteiger partial charge in [-0.25, -0.2) is 12.8 Å². The van der Waals surface area contributed by atoms with E-state index in [1.165, 1.54) is 30.3 Å². The molecular weight excluding hydrogens is 301 g/mol. The van der Waals surface area contributed by atoms with Crippen molar-refractivity contribution in [3.63, 3.8) is 0 Å². The lowest BCUT2D eigenvalue weighted by atomic mass is 10.1. The molecule has 2 aromatic rings. The van der Waals surface area contributed by atoms with Crippen molar-refractivity contribution in [1.82, 2.24) is 0 Å². The van der Waals surface area contributed by atoms with E-state index in [0.29, 0.717) is 0 Å². The molecule has 0 fully saturated rings. The first-order valence-electron chi connectivity index (χ1n) is 5.60. The Morgan fingerprint density at radius 3 is 2.50 bits per heavy atom. The van der Waals surface area contributed by atoms with Crippen molar-refractivity contribution in [2.75, 3.05) is 0 Å². The van der Waals surface area contributed by atoms with Gasteiger partial charge in [-0.15, -0.1) is 0 Å². The zero-order chi connectivity index (χ0) is 14.8. The van der Waals surface area contributed by atoms with E-state index in [1.54, 1.807) is 18.2 Å². The minimum atomic E-state index is -3.77. The monoisotopic (exact) mass is 309 g/mol. The second kappa shape index (κ2) is 5.61. The highest BCUT2D eigenvalue weighted by Crippen LogP contribution is 2.25. The molecule has 102 valence electrons. The molecule has 0 N–H and O–H groups in total. The second-order valence-electron chi connectivity index (χ2n) is 4.08. The van der Waals surface area contributed by atoms with Gasteiger partial charge in [0.2, 0.25) is 0 Å². The SMILES string of the molecule is N#Cc1cccc(CS(=O)(=O)c2ccccc2Cl)c1F. The van der Waals surface area contributed by atoms with Crippen LogP contribution in [0, 0.1) is 17.1 Å². The van der Waals surface area contributed by atoms with Gasteiger partial charge >= 0.3 is 0 Å². The Bertz CT molecular complexity index is 797. The van der Waals surface area contributed by atoms with Crippen LogP contribution in [0.5, 0.6) is 0 Å². The maximum atomic E-state index is 13.9. The third kappa shape index (κ3) is 2.82. The predicted molar refractivity (Wildman–Crippen MR) is 73.5 cm³/mol. The summed E-state index contributed by atoms with van der Waals surface area (Å²) in [5.74, 6) is -1.36. The van der Waals surface area contributed by atoms with E-state index in [4.69, 9.17) is 16.9 Å². The number of nitriles is 1. The molecule has 0 amide bonds. The van der Waals surface area contributed by atoms with Crippen molar-refractivity contribution in [3.05, 3.63) is 64.4 Å². The smallest absolute Gasteiger partial charge is 0.184 e. The van der Waals surface area contributed by atoms with E-state index >= 15 is 0 Å². The van der Waals surface area contributed by atoms with Crippen molar-refractivity contribution in [3.8, 4) is 6.07 Å². The third-order valence-corrected chi connectivity index (χ3v) is 4.88. The molecule has 0 spiro atoms. The normalized spacial score (nSPS) is 11.1. The molecule has 0 unspecified atom stereocenters. The van der Waals surface area contributed by atoms with Crippen LogP contribution in [0.3, 0.4) is 0 Å². The zero-order valence-corrected chi connectivity index (χ0v) is 11.7. The van der Waals surface area contributed by atoms with Crippen LogP contribution in [0.2, 0.25) is 5.02 Å². The lowest BCUT2D eigenvalue weighted by Gasteiger charge is -2.07. The summed E-state index contributed by atoms with van der Waals surface area (Å²) < 4.78 is 38.4. The summed E-state index contributed by atoms with van der Waals surface area (Å²) in [6.45, 7) is 0. The van der Waals surface area contributed by atoms with Crippen molar-refractivity contribution in [2.45, 2.75) is 10.6 Å². The van der Waals surface area contributed by atoms with Gasteiger partial charge < -0.3 is 0 Å². The van der Waals surface area contributed by atoms with E-state index in [-0.39, 0.29) is 21.0 Å². The average Bonchev–Trinajstić information content (AvgIpc) is 2.41. The Balaban J connectivity index is 2.45. The van der Waals surface area contributed by atoms with Gasteiger partial charge in [-0.1, -0.05) is 35.9 Å². The summed E-state index contributed by atoms with van der Waals surface area (Å²) in [6, 6.07) is 11.7. The van der Waals surface area contributed by atoms with Crippen LogP contribution in [0.15, 0.2) is 47.4 Å². The van der Waals surface area contributed by atoms with Crippen LogP contribution in [0.25, 0.3) is 0 Å². The summed E-state index contributed by atoms with van der Waals surface area (Å²) in [5.41, 5.74) is -0.235. The van der Waals surface area contributed by atoms with E-state index in [9.17, 15) is 12.8 Å². The topological polar surface area (TPSA) is 57.9 Å². The maximum Gasteiger partial charge on any atom is 0.184 e. The van der Waals surface area contributed by atoms with Crippen LogP contribution < -0.4 is 0 Å². The van der Waals surface area contributed by atoms with Gasteiger partial charge in [-0.3, -0.25) is 0 Å². The quantitative estimate of drug-likeness (QED) is 0.874. The highest BCUT2D eigenvalue weighted by Gasteiger charge is 2.21. The van der Waals surface area contributed by atoms with Gasteiger partial charge in [0, 0.05) is 5.56 Å². The third-order valence-electron chi connectivity index (χ3n) is 2.72. The molecule has 0 aliphatic heterocycles. The second-order valence-corrected chi connectivity index (χ2v) is 6.45. The van der Waals surface area contributed by atoms with Crippen molar-refractivity contribution in [1.29, 1.82) is 5.26 Å². The molecule has 0 aliphatic rings. The highest BCUT2D eigenvalue weighted by molar-refractivity contribution is 7.90. The summed E-state index contributed by atoms with van der Waals surface area (Å²) in [5, 5.41) is 8.83. The van der Waals surface area contributed by atoms with E-state index in [2.05, 4.69) is 0 Å². The Morgan fingerprint density at radius 1 is 1.15 bits per heavy atom. The van der Waals surface area contributed by atoms with E-state index in [0.717, 1.165) is 0 Å². The van der Waals surface area contributed by atoms with Crippen molar-refractivity contribution >= 4 is 21.4 Å². The van der Waals surface area contributed by atoms with Gasteiger partial charge in [0.1, 0.15) is 11.9 Å². The van der Waals surface area contributed by atoms with Gasteiger partial charge in [0.15, 0.2) is 9.84 Å². The standard InChI is InChI=1S/C14H9ClFNO2S/c15-12-6-1-2-7-13(12)20(18,19)9-11-5-3-4-10(8-17)14(11)16/h1-7H,9H2. The van der Waals surface area contributed by atoms with Crippen LogP contribution in [-0.4, -0.2) is 8.42 Å². The minimum Gasteiger partial charge on any atom is -0.223 e. The Hall–Kier alpha value is -1.90. The molecule has 20 heavy (non-hydrogen) atoms. The molecular formula is C14H9ClFNO2S. The van der Waals surface area contributed by atoms with Crippen LogP contribution in [0.1, 0.15) is 11.1 Å². The fourth-order valence-electron chi connectivity index (χ4n) is 1.76. The number of sulfone groups is 1. The molecule has 0 bridgehead atoms. The largest absolute Gasteiger partial charge is 0.223 e. The molecule has 6 heteroatoms. The number of rotatable bonds is 3. The van der Waals surface area contributed by atoms with Gasteiger partial charge in [0.25, 0.3) is 0 Å². The van der Waals surface area contributed by atoms with Crippen LogP contribution >= 0.6 is 11.6 Å². The lowest BCUT2D eigenvalue weighted by molar-refractivity contribution is 0.586. The van der Waals surface area contributed by atoms with Crippen molar-refractivity contribution < 1.29 is 12.8 Å². The van der Waals surface area contributed by atoms with Gasteiger partial charge in [-0.2, -0.15) is 5.26 Å². The summed E-state index contributed by atoms with van der Waals surface area (Å²) in [4.78, 5) is -0.0524. The number of nitrogens with zero attached hydrogens (tertiary/aromatic N) is 1. The first-order chi connectivity index (χ1) is 9.45. The number of hydrogen-bond acceptors (Lipinski definition) is 3. The van der Waals surface area contributed by atoms with Crippen molar-refractivity contribution in [2.24, 2.45) is 0 Å². The molecule has 0 aliphatic carbocycles. The maximum absolute atomic E-state index is 13.9.